The van der Waals surface area contributed by atoms with E-state index in [1.165, 1.54) is 7.11 Å². The van der Waals surface area contributed by atoms with Gasteiger partial charge >= 0.3 is 12.1 Å². The van der Waals surface area contributed by atoms with E-state index in [0.717, 1.165) is 5.56 Å². The van der Waals surface area contributed by atoms with Crippen LogP contribution in [0.5, 0.6) is 0 Å². The van der Waals surface area contributed by atoms with Gasteiger partial charge in [0.05, 0.1) is 20.3 Å². The fourth-order valence-electron chi connectivity index (χ4n) is 2.00. The molecule has 3 amide bonds. The lowest BCUT2D eigenvalue weighted by Crippen LogP contribution is -2.35. The fraction of sp³-hybridized carbons (Fsp3) is 0.444. The zero-order valence-corrected chi connectivity index (χ0v) is 15.9. The van der Waals surface area contributed by atoms with Crippen LogP contribution in [0.4, 0.5) is 10.5 Å². The van der Waals surface area contributed by atoms with Gasteiger partial charge in [-0.05, 0) is 31.0 Å². The first-order chi connectivity index (χ1) is 13.4. The van der Waals surface area contributed by atoms with Crippen molar-refractivity contribution < 1.29 is 33.4 Å². The van der Waals surface area contributed by atoms with Crippen molar-refractivity contribution in [2.24, 2.45) is 0 Å². The second kappa shape index (κ2) is 13.1. The molecule has 10 heteroatoms. The lowest BCUT2D eigenvalue weighted by Gasteiger charge is -2.08. The Balaban J connectivity index is 2.24. The minimum absolute atomic E-state index is 0.230. The number of amides is 3. The highest BCUT2D eigenvalue weighted by Crippen LogP contribution is 2.09. The van der Waals surface area contributed by atoms with E-state index in [1.807, 2.05) is 12.1 Å². The number of hydrogen-bond donors (Lipinski definition) is 3. The second-order valence-corrected chi connectivity index (χ2v) is 5.49. The fourth-order valence-corrected chi connectivity index (χ4v) is 2.00. The molecule has 10 nitrogen and oxygen atoms in total. The van der Waals surface area contributed by atoms with E-state index in [4.69, 9.17) is 4.74 Å². The quantitative estimate of drug-likeness (QED) is 0.457. The molecule has 0 fully saturated rings. The third-order valence-electron chi connectivity index (χ3n) is 3.31. The standard InChI is InChI=1S/C18H25N3O7/c1-3-28-17(24)12-27-11-16(23)20-10-15(22)21-14-6-4-13(5-7-14)8-9-19-18(25)26-2/h4-7H,3,8-12H2,1-2H3,(H,19,25)(H,20,23)(H,21,22). The number of alkyl carbamates (subject to hydrolysis) is 1. The predicted molar refractivity (Wildman–Crippen MR) is 99.6 cm³/mol. The highest BCUT2D eigenvalue weighted by Gasteiger charge is 2.08. The van der Waals surface area contributed by atoms with Crippen LogP contribution in [0.2, 0.25) is 0 Å². The minimum Gasteiger partial charge on any atom is -0.464 e. The summed E-state index contributed by atoms with van der Waals surface area (Å²) in [7, 11) is 1.30. The molecular weight excluding hydrogens is 370 g/mol. The summed E-state index contributed by atoms with van der Waals surface area (Å²) in [4.78, 5) is 45.4. The van der Waals surface area contributed by atoms with Crippen molar-refractivity contribution in [1.29, 1.82) is 0 Å². The molecule has 0 saturated carbocycles. The second-order valence-electron chi connectivity index (χ2n) is 5.49. The molecule has 0 aromatic heterocycles. The van der Waals surface area contributed by atoms with Crippen LogP contribution in [0.25, 0.3) is 0 Å². The maximum Gasteiger partial charge on any atom is 0.406 e. The Morgan fingerprint density at radius 2 is 1.68 bits per heavy atom. The molecule has 0 bridgehead atoms. The van der Waals surface area contributed by atoms with Crippen LogP contribution in [0.1, 0.15) is 12.5 Å². The molecule has 1 aromatic rings. The number of carbonyl (C=O) groups excluding carboxylic acids is 4. The topological polar surface area (TPSA) is 132 Å². The monoisotopic (exact) mass is 395 g/mol. The average molecular weight is 395 g/mol. The number of nitrogens with one attached hydrogen (secondary N) is 3. The van der Waals surface area contributed by atoms with Gasteiger partial charge in [0.25, 0.3) is 0 Å². The minimum atomic E-state index is -0.558. The van der Waals surface area contributed by atoms with E-state index in [2.05, 4.69) is 25.4 Å². The maximum absolute atomic E-state index is 11.8. The van der Waals surface area contributed by atoms with Crippen molar-refractivity contribution in [1.82, 2.24) is 10.6 Å². The summed E-state index contributed by atoms with van der Waals surface area (Å²) in [6.07, 6.45) is 0.128. The summed E-state index contributed by atoms with van der Waals surface area (Å²) >= 11 is 0. The van der Waals surface area contributed by atoms with Crippen molar-refractivity contribution in [3.05, 3.63) is 29.8 Å². The highest BCUT2D eigenvalue weighted by atomic mass is 16.6. The summed E-state index contributed by atoms with van der Waals surface area (Å²) in [5.74, 6) is -1.48. The summed E-state index contributed by atoms with van der Waals surface area (Å²) < 4.78 is 14.0. The zero-order chi connectivity index (χ0) is 20.8. The molecule has 154 valence electrons. The molecule has 28 heavy (non-hydrogen) atoms. The SMILES string of the molecule is CCOC(=O)COCC(=O)NCC(=O)Nc1ccc(CCNC(=O)OC)cc1. The lowest BCUT2D eigenvalue weighted by molar-refractivity contribution is -0.149. The third kappa shape index (κ3) is 10.1. The van der Waals surface area contributed by atoms with Gasteiger partial charge in [0, 0.05) is 12.2 Å². The van der Waals surface area contributed by atoms with Crippen LogP contribution in [0, 0.1) is 0 Å². The summed E-state index contributed by atoms with van der Waals surface area (Å²) in [6.45, 7) is 1.43. The van der Waals surface area contributed by atoms with Gasteiger partial charge < -0.3 is 30.2 Å². The maximum atomic E-state index is 11.8. The van der Waals surface area contributed by atoms with E-state index in [1.54, 1.807) is 19.1 Å². The highest BCUT2D eigenvalue weighted by molar-refractivity contribution is 5.94. The van der Waals surface area contributed by atoms with Gasteiger partial charge in [0.15, 0.2) is 0 Å². The summed E-state index contributed by atoms with van der Waals surface area (Å²) in [5, 5.41) is 7.60. The summed E-state index contributed by atoms with van der Waals surface area (Å²) in [6, 6.07) is 7.07. The van der Waals surface area contributed by atoms with Crippen LogP contribution in [0.3, 0.4) is 0 Å². The molecule has 0 aliphatic carbocycles. The molecule has 1 rings (SSSR count). The van der Waals surface area contributed by atoms with Gasteiger partial charge in [0.1, 0.15) is 13.2 Å². The molecule has 1 aromatic carbocycles. The van der Waals surface area contributed by atoms with Gasteiger partial charge in [-0.3, -0.25) is 9.59 Å². The molecule has 0 atom stereocenters. The largest absolute Gasteiger partial charge is 0.464 e. The molecule has 3 N–H and O–H groups in total. The van der Waals surface area contributed by atoms with Gasteiger partial charge in [-0.25, -0.2) is 9.59 Å². The van der Waals surface area contributed by atoms with Crippen LogP contribution in [-0.4, -0.2) is 63.9 Å². The first-order valence-electron chi connectivity index (χ1n) is 8.65. The molecule has 0 spiro atoms. The molecule has 0 heterocycles. The molecule has 0 aliphatic heterocycles. The molecule has 0 unspecified atom stereocenters. The molecule has 0 aliphatic rings. The number of carbonyl (C=O) groups is 4. The Morgan fingerprint density at radius 1 is 0.964 bits per heavy atom. The van der Waals surface area contributed by atoms with Gasteiger partial charge in [-0.1, -0.05) is 12.1 Å². The number of rotatable bonds is 11. The Labute approximate surface area is 162 Å². The number of anilines is 1. The molecular formula is C18H25N3O7. The Morgan fingerprint density at radius 3 is 2.32 bits per heavy atom. The van der Waals surface area contributed by atoms with Crippen molar-refractivity contribution in [2.45, 2.75) is 13.3 Å². The third-order valence-corrected chi connectivity index (χ3v) is 3.31. The Hall–Kier alpha value is -3.14. The Kier molecular flexibility index (Phi) is 10.7. The van der Waals surface area contributed by atoms with Crippen molar-refractivity contribution in [3.8, 4) is 0 Å². The van der Waals surface area contributed by atoms with Crippen molar-refractivity contribution in [2.75, 3.05) is 45.3 Å². The number of hydrogen-bond acceptors (Lipinski definition) is 7. The van der Waals surface area contributed by atoms with E-state index in [0.29, 0.717) is 18.7 Å². The normalized spacial score (nSPS) is 9.93. The predicted octanol–water partition coefficient (Wildman–Crippen LogP) is 0.220. The van der Waals surface area contributed by atoms with Crippen LogP contribution >= 0.6 is 0 Å². The first kappa shape index (κ1) is 22.9. The van der Waals surface area contributed by atoms with Gasteiger partial charge in [-0.2, -0.15) is 0 Å². The number of esters is 1. The van der Waals surface area contributed by atoms with E-state index in [-0.39, 0.29) is 26.4 Å². The smallest absolute Gasteiger partial charge is 0.406 e. The van der Waals surface area contributed by atoms with Crippen LogP contribution in [0.15, 0.2) is 24.3 Å². The lowest BCUT2D eigenvalue weighted by atomic mass is 10.1. The first-order valence-corrected chi connectivity index (χ1v) is 8.65. The number of methoxy groups -OCH3 is 1. The number of benzene rings is 1. The van der Waals surface area contributed by atoms with Gasteiger partial charge in [0.2, 0.25) is 11.8 Å². The van der Waals surface area contributed by atoms with Crippen LogP contribution < -0.4 is 16.0 Å². The van der Waals surface area contributed by atoms with E-state index >= 15 is 0 Å². The van der Waals surface area contributed by atoms with Crippen LogP contribution in [-0.2, 0) is 35.0 Å². The van der Waals surface area contributed by atoms with Crippen molar-refractivity contribution >= 4 is 29.6 Å². The molecule has 0 saturated heterocycles. The number of ether oxygens (including phenoxy) is 3. The van der Waals surface area contributed by atoms with Crippen molar-refractivity contribution in [3.63, 3.8) is 0 Å². The van der Waals surface area contributed by atoms with Gasteiger partial charge in [-0.15, -0.1) is 0 Å². The van der Waals surface area contributed by atoms with E-state index < -0.39 is 23.9 Å². The average Bonchev–Trinajstić information content (AvgIpc) is 2.68. The van der Waals surface area contributed by atoms with E-state index in [9.17, 15) is 19.2 Å². The molecule has 0 radical (unpaired) electrons. The zero-order valence-electron chi connectivity index (χ0n) is 15.9. The summed E-state index contributed by atoms with van der Waals surface area (Å²) in [5.41, 5.74) is 1.55. The Bertz CT molecular complexity index is 662.